The quantitative estimate of drug-likeness (QED) is 0.532. The number of amides is 1. The Morgan fingerprint density at radius 3 is 2.82 bits per heavy atom. The van der Waals surface area contributed by atoms with Crippen molar-refractivity contribution in [2.24, 2.45) is 10.4 Å². The first-order chi connectivity index (χ1) is 13.2. The number of nitrogens with zero attached hydrogens (tertiary/aromatic N) is 6. The minimum absolute atomic E-state index is 0.107. The topological polar surface area (TPSA) is 94.7 Å². The smallest absolute Gasteiger partial charge is 0.410 e. The molecule has 1 amide bonds. The minimum Gasteiger partial charge on any atom is -0.444 e. The van der Waals surface area contributed by atoms with Gasteiger partial charge in [0.25, 0.3) is 0 Å². The van der Waals surface area contributed by atoms with Crippen LogP contribution in [0.3, 0.4) is 0 Å². The molecule has 1 fully saturated rings. The summed E-state index contributed by atoms with van der Waals surface area (Å²) in [4.78, 5) is 27.6. The van der Waals surface area contributed by atoms with Crippen LogP contribution in [0.15, 0.2) is 29.5 Å². The summed E-state index contributed by atoms with van der Waals surface area (Å²) >= 11 is 5.78. The number of likely N-dealkylation sites (tertiary alicyclic amines) is 1. The molecule has 0 aliphatic carbocycles. The molecule has 144 valence electrons. The van der Waals surface area contributed by atoms with E-state index in [0.717, 1.165) is 0 Å². The van der Waals surface area contributed by atoms with Crippen molar-refractivity contribution >= 4 is 23.9 Å². The van der Waals surface area contributed by atoms with Crippen LogP contribution < -0.4 is 0 Å². The number of carbonyl (C=O) groups excluding carboxylic acids is 1. The molecule has 0 spiro atoms. The number of halogens is 1. The molecule has 1 aromatic heterocycles. The molecule has 1 unspecified atom stereocenters. The first kappa shape index (κ1) is 19.7. The lowest BCUT2D eigenvalue weighted by atomic mass is 9.77. The van der Waals surface area contributed by atoms with Gasteiger partial charge < -0.3 is 9.64 Å². The summed E-state index contributed by atoms with van der Waals surface area (Å²) in [5, 5.41) is 9.93. The van der Waals surface area contributed by atoms with Crippen molar-refractivity contribution in [2.75, 3.05) is 13.1 Å². The van der Waals surface area contributed by atoms with Gasteiger partial charge in [-0.1, -0.05) is 0 Å². The molecule has 0 saturated carbocycles. The predicted molar refractivity (Wildman–Crippen MR) is 103 cm³/mol. The van der Waals surface area contributed by atoms with Gasteiger partial charge in [-0.15, -0.1) is 0 Å². The number of aromatic nitrogens is 2. The van der Waals surface area contributed by atoms with Crippen LogP contribution in [0.2, 0.25) is 5.28 Å². The van der Waals surface area contributed by atoms with Crippen LogP contribution in [0.4, 0.5) is 4.79 Å². The molecular formula is C19H19ClN6O2. The third-order valence-corrected chi connectivity index (χ3v) is 4.26. The van der Waals surface area contributed by atoms with Crippen molar-refractivity contribution in [1.82, 2.24) is 19.8 Å². The molecule has 2 aliphatic rings. The van der Waals surface area contributed by atoms with E-state index in [0.29, 0.717) is 5.69 Å². The van der Waals surface area contributed by atoms with E-state index in [9.17, 15) is 10.1 Å². The highest BCUT2D eigenvalue weighted by atomic mass is 35.5. The molecule has 3 heterocycles. The van der Waals surface area contributed by atoms with Crippen molar-refractivity contribution in [1.29, 1.82) is 5.26 Å². The largest absolute Gasteiger partial charge is 0.444 e. The molecule has 8 nitrogen and oxygen atoms in total. The zero-order valence-corrected chi connectivity index (χ0v) is 16.5. The lowest BCUT2D eigenvalue weighted by molar-refractivity contribution is -0.0334. The number of rotatable bonds is 1. The second-order valence-electron chi connectivity index (χ2n) is 7.47. The van der Waals surface area contributed by atoms with Crippen LogP contribution in [-0.4, -0.2) is 56.9 Å². The van der Waals surface area contributed by atoms with Gasteiger partial charge in [0.15, 0.2) is 6.17 Å². The summed E-state index contributed by atoms with van der Waals surface area (Å²) < 4.78 is 5.37. The van der Waals surface area contributed by atoms with Crippen molar-refractivity contribution in [3.8, 4) is 18.0 Å². The SMILES string of the molecule is CC(C)(C)OC(=O)N1CC(C#N)(C2N=CC=CN2C#Cc2ccnc(Cl)n2)C1. The van der Waals surface area contributed by atoms with Gasteiger partial charge in [0, 0.05) is 37.7 Å². The first-order valence-corrected chi connectivity index (χ1v) is 8.98. The Hall–Kier alpha value is -3.10. The van der Waals surface area contributed by atoms with E-state index in [2.05, 4.69) is 33.0 Å². The Morgan fingerprint density at radius 2 is 2.18 bits per heavy atom. The second-order valence-corrected chi connectivity index (χ2v) is 7.81. The summed E-state index contributed by atoms with van der Waals surface area (Å²) in [6, 6.07) is 6.91. The number of hydrogen-bond donors (Lipinski definition) is 0. The van der Waals surface area contributed by atoms with E-state index < -0.39 is 23.3 Å². The molecule has 9 heteroatoms. The van der Waals surface area contributed by atoms with Gasteiger partial charge in [0.2, 0.25) is 5.28 Å². The van der Waals surface area contributed by atoms with Crippen LogP contribution in [-0.2, 0) is 4.74 Å². The average molecular weight is 399 g/mol. The van der Waals surface area contributed by atoms with E-state index in [1.165, 1.54) is 11.1 Å². The highest BCUT2D eigenvalue weighted by Gasteiger charge is 2.54. The molecule has 1 atom stereocenters. The zero-order chi connectivity index (χ0) is 20.4. The Labute approximate surface area is 168 Å². The fourth-order valence-electron chi connectivity index (χ4n) is 2.83. The number of allylic oxidation sites excluding steroid dienone is 1. The van der Waals surface area contributed by atoms with Crippen molar-refractivity contribution < 1.29 is 9.53 Å². The standard InChI is InChI=1S/C19H19ClN6O2/c1-18(2,3)28-17(27)26-12-19(11-21,13-26)15-22-7-4-9-25(15)10-6-14-5-8-23-16(20)24-14/h4-5,7-9,15H,12-13H2,1-3H3. The summed E-state index contributed by atoms with van der Waals surface area (Å²) in [5.41, 5.74) is -1.02. The molecule has 28 heavy (non-hydrogen) atoms. The van der Waals surface area contributed by atoms with Gasteiger partial charge in [-0.3, -0.25) is 9.89 Å². The van der Waals surface area contributed by atoms with E-state index >= 15 is 0 Å². The normalized spacial score (nSPS) is 19.9. The molecule has 1 aromatic rings. The molecule has 0 radical (unpaired) electrons. The molecule has 0 N–H and O–H groups in total. The maximum Gasteiger partial charge on any atom is 0.410 e. The highest BCUT2D eigenvalue weighted by Crippen LogP contribution is 2.38. The number of ether oxygens (including phenoxy) is 1. The van der Waals surface area contributed by atoms with Gasteiger partial charge >= 0.3 is 6.09 Å². The maximum absolute atomic E-state index is 12.2. The Kier molecular flexibility index (Phi) is 5.26. The highest BCUT2D eigenvalue weighted by molar-refractivity contribution is 6.28. The average Bonchev–Trinajstić information content (AvgIpc) is 2.59. The number of hydrogen-bond acceptors (Lipinski definition) is 7. The van der Waals surface area contributed by atoms with Crippen molar-refractivity contribution in [3.05, 3.63) is 35.5 Å². The summed E-state index contributed by atoms with van der Waals surface area (Å²) in [6.07, 6.45) is 5.62. The van der Waals surface area contributed by atoms with Gasteiger partial charge in [0.1, 0.15) is 16.7 Å². The van der Waals surface area contributed by atoms with E-state index in [1.54, 1.807) is 50.2 Å². The third-order valence-electron chi connectivity index (χ3n) is 4.08. The van der Waals surface area contributed by atoms with E-state index in [-0.39, 0.29) is 18.4 Å². The predicted octanol–water partition coefficient (Wildman–Crippen LogP) is 2.43. The van der Waals surface area contributed by atoms with Crippen molar-refractivity contribution in [3.63, 3.8) is 0 Å². The van der Waals surface area contributed by atoms with Crippen LogP contribution in [0.25, 0.3) is 0 Å². The number of carbonyl (C=O) groups is 1. The Balaban J connectivity index is 1.75. The number of nitriles is 1. The third kappa shape index (κ3) is 4.24. The molecule has 0 aromatic carbocycles. The summed E-state index contributed by atoms with van der Waals surface area (Å²) in [7, 11) is 0. The monoisotopic (exact) mass is 398 g/mol. The van der Waals surface area contributed by atoms with Gasteiger partial charge in [-0.05, 0) is 50.4 Å². The second kappa shape index (κ2) is 7.49. The molecule has 0 bridgehead atoms. The van der Waals surface area contributed by atoms with E-state index in [4.69, 9.17) is 16.3 Å². The van der Waals surface area contributed by atoms with Gasteiger partial charge in [-0.2, -0.15) is 5.26 Å². The van der Waals surface area contributed by atoms with Crippen molar-refractivity contribution in [2.45, 2.75) is 32.5 Å². The van der Waals surface area contributed by atoms with Crippen LogP contribution >= 0.6 is 11.6 Å². The molecule has 1 saturated heterocycles. The van der Waals surface area contributed by atoms with Crippen LogP contribution in [0.5, 0.6) is 0 Å². The Morgan fingerprint density at radius 1 is 1.43 bits per heavy atom. The van der Waals surface area contributed by atoms with E-state index in [1.807, 2.05) is 0 Å². The fraction of sp³-hybridized carbons (Fsp3) is 0.421. The Bertz CT molecular complexity index is 928. The molecule has 3 rings (SSSR count). The lowest BCUT2D eigenvalue weighted by Gasteiger charge is -2.49. The van der Waals surface area contributed by atoms with Crippen LogP contribution in [0.1, 0.15) is 26.5 Å². The molecular weight excluding hydrogens is 380 g/mol. The van der Waals surface area contributed by atoms with Gasteiger partial charge in [-0.25, -0.2) is 14.8 Å². The number of aliphatic imine (C=N–C) groups is 1. The first-order valence-electron chi connectivity index (χ1n) is 8.60. The van der Waals surface area contributed by atoms with Gasteiger partial charge in [0.05, 0.1) is 6.07 Å². The summed E-state index contributed by atoms with van der Waals surface area (Å²) in [5.74, 6) is 2.90. The maximum atomic E-state index is 12.2. The molecule has 2 aliphatic heterocycles. The lowest BCUT2D eigenvalue weighted by Crippen LogP contribution is -2.65. The van der Waals surface area contributed by atoms with Crippen LogP contribution in [0, 0.1) is 28.7 Å². The minimum atomic E-state index is -0.879. The fourth-order valence-corrected chi connectivity index (χ4v) is 2.98. The summed E-state index contributed by atoms with van der Waals surface area (Å²) in [6.45, 7) is 5.83. The zero-order valence-electron chi connectivity index (χ0n) is 15.8.